The zero-order chi connectivity index (χ0) is 41.1. The van der Waals surface area contributed by atoms with Crippen molar-refractivity contribution in [2.75, 3.05) is 0 Å². The van der Waals surface area contributed by atoms with Gasteiger partial charge in [-0.3, -0.25) is 9.59 Å². The van der Waals surface area contributed by atoms with Crippen molar-refractivity contribution in [1.29, 1.82) is 0 Å². The Morgan fingerprint density at radius 2 is 0.590 bits per heavy atom. The van der Waals surface area contributed by atoms with Crippen LogP contribution in [0.1, 0.15) is 31.8 Å². The number of benzene rings is 8. The second kappa shape index (κ2) is 16.1. The van der Waals surface area contributed by atoms with Gasteiger partial charge in [0.2, 0.25) is 0 Å². The zero-order valence-corrected chi connectivity index (χ0v) is 32.6. The van der Waals surface area contributed by atoms with E-state index in [0.29, 0.717) is 67.2 Å². The van der Waals surface area contributed by atoms with E-state index in [4.69, 9.17) is 24.7 Å². The Kier molecular flexibility index (Phi) is 9.73. The Labute approximate surface area is 351 Å². The molecule has 0 aliphatic heterocycles. The number of hydrogen-bond acceptors (Lipinski definition) is 7. The molecule has 10 rings (SSSR count). The number of carbonyl (C=O) groups is 2. The molecule has 0 saturated heterocycles. The molecule has 0 fully saturated rings. The van der Waals surface area contributed by atoms with Gasteiger partial charge < -0.3 is 4.74 Å². The molecule has 0 radical (unpaired) electrons. The summed E-state index contributed by atoms with van der Waals surface area (Å²) in [5.41, 5.74) is 11.6. The predicted octanol–water partition coefficient (Wildman–Crippen LogP) is 12.5. The summed E-state index contributed by atoms with van der Waals surface area (Å²) < 4.78 is 6.47. The maximum atomic E-state index is 13.2. The van der Waals surface area contributed by atoms with Gasteiger partial charge in [0, 0.05) is 56.6 Å². The normalized spacial score (nSPS) is 11.1. The van der Waals surface area contributed by atoms with Crippen molar-refractivity contribution < 1.29 is 14.3 Å². The molecule has 0 saturated carbocycles. The number of fused-ring (bicyclic) bond motifs is 2. The highest BCUT2D eigenvalue weighted by atomic mass is 16.5. The molecule has 7 heteroatoms. The molecule has 0 spiro atoms. The van der Waals surface area contributed by atoms with Gasteiger partial charge >= 0.3 is 0 Å². The standard InChI is InChI=1S/C54H34N4O3/c59-53(39-17-9-3-10-18-39)41-25-21-37(22-26-41)51-49(35-13-5-1-6-14-35)55-45-31-29-43(33-47(45)57-51)61-44-30-32-46-48(34-44)58-52(50(56-46)36-15-7-2-8-16-36)38-23-27-42(28-24-38)54(60)40-19-11-4-12-20-40/h1-34H. The molecule has 10 aromatic rings. The van der Waals surface area contributed by atoms with Gasteiger partial charge in [-0.25, -0.2) is 19.9 Å². The van der Waals surface area contributed by atoms with Crippen LogP contribution >= 0.6 is 0 Å². The minimum Gasteiger partial charge on any atom is -0.457 e. The van der Waals surface area contributed by atoms with Gasteiger partial charge in [0.05, 0.1) is 44.8 Å². The van der Waals surface area contributed by atoms with E-state index in [0.717, 1.165) is 33.6 Å². The largest absolute Gasteiger partial charge is 0.457 e. The molecule has 7 nitrogen and oxygen atoms in total. The third-order valence-electron chi connectivity index (χ3n) is 10.5. The SMILES string of the molecule is O=C(c1ccccc1)c1ccc(-c2nc3cc(Oc4ccc5nc(-c6ccccc6)c(-c6ccc(C(=O)c7ccccc7)cc6)nc5c4)ccc3nc2-c2ccccc2)cc1. The van der Waals surface area contributed by atoms with Crippen molar-refractivity contribution in [3.63, 3.8) is 0 Å². The summed E-state index contributed by atoms with van der Waals surface area (Å²) >= 11 is 0. The monoisotopic (exact) mass is 786 g/mol. The van der Waals surface area contributed by atoms with Crippen LogP contribution in [0, 0.1) is 0 Å². The average Bonchev–Trinajstić information content (AvgIpc) is 3.34. The Bertz CT molecular complexity index is 2990. The van der Waals surface area contributed by atoms with Crippen LogP contribution < -0.4 is 4.74 Å². The van der Waals surface area contributed by atoms with E-state index < -0.39 is 0 Å². The highest BCUT2D eigenvalue weighted by molar-refractivity contribution is 6.10. The van der Waals surface area contributed by atoms with Gasteiger partial charge in [-0.15, -0.1) is 0 Å². The lowest BCUT2D eigenvalue weighted by atomic mass is 9.99. The Balaban J connectivity index is 0.992. The van der Waals surface area contributed by atoms with E-state index in [1.807, 2.05) is 206 Å². The fourth-order valence-electron chi connectivity index (χ4n) is 7.40. The minimum atomic E-state index is -0.0415. The topological polar surface area (TPSA) is 94.9 Å². The van der Waals surface area contributed by atoms with Crippen LogP contribution in [0.25, 0.3) is 67.1 Å². The van der Waals surface area contributed by atoms with Gasteiger partial charge in [0.1, 0.15) is 11.5 Å². The van der Waals surface area contributed by atoms with E-state index in [2.05, 4.69) is 0 Å². The Morgan fingerprint density at radius 1 is 0.295 bits per heavy atom. The summed E-state index contributed by atoms with van der Waals surface area (Å²) in [5, 5.41) is 0. The van der Waals surface area contributed by atoms with E-state index in [-0.39, 0.29) is 11.6 Å². The van der Waals surface area contributed by atoms with E-state index in [1.54, 1.807) is 0 Å². The van der Waals surface area contributed by atoms with Gasteiger partial charge in [-0.05, 0) is 24.3 Å². The van der Waals surface area contributed by atoms with Crippen molar-refractivity contribution in [3.8, 4) is 56.5 Å². The van der Waals surface area contributed by atoms with Crippen LogP contribution in [0.2, 0.25) is 0 Å². The number of ketones is 2. The van der Waals surface area contributed by atoms with Gasteiger partial charge in [-0.2, -0.15) is 0 Å². The molecule has 0 N–H and O–H groups in total. The van der Waals surface area contributed by atoms with Gasteiger partial charge in [-0.1, -0.05) is 170 Å². The summed E-state index contributed by atoms with van der Waals surface area (Å²) in [6, 6.07) is 64.8. The zero-order valence-electron chi connectivity index (χ0n) is 32.6. The molecule has 0 aliphatic rings. The molecule has 0 unspecified atom stereocenters. The lowest BCUT2D eigenvalue weighted by Crippen LogP contribution is -2.01. The lowest BCUT2D eigenvalue weighted by molar-refractivity contribution is 0.103. The molecule has 288 valence electrons. The number of aromatic nitrogens is 4. The van der Waals surface area contributed by atoms with Gasteiger partial charge in [0.15, 0.2) is 11.6 Å². The smallest absolute Gasteiger partial charge is 0.193 e. The highest BCUT2D eigenvalue weighted by Crippen LogP contribution is 2.36. The second-order valence-electron chi connectivity index (χ2n) is 14.5. The van der Waals surface area contributed by atoms with E-state index >= 15 is 0 Å². The summed E-state index contributed by atoms with van der Waals surface area (Å²) in [5.74, 6) is 1.08. The number of nitrogens with zero attached hydrogens (tertiary/aromatic N) is 4. The third-order valence-corrected chi connectivity index (χ3v) is 10.5. The highest BCUT2D eigenvalue weighted by Gasteiger charge is 2.18. The summed E-state index contributed by atoms with van der Waals surface area (Å²) in [4.78, 5) is 46.9. The predicted molar refractivity (Wildman–Crippen MR) is 241 cm³/mol. The van der Waals surface area contributed by atoms with Crippen LogP contribution in [0.3, 0.4) is 0 Å². The fraction of sp³-hybridized carbons (Fsp3) is 0. The molecule has 0 aliphatic carbocycles. The first-order valence-corrected chi connectivity index (χ1v) is 19.9. The van der Waals surface area contributed by atoms with E-state index in [9.17, 15) is 9.59 Å². The molecule has 2 aromatic heterocycles. The Morgan fingerprint density at radius 3 is 0.951 bits per heavy atom. The second-order valence-corrected chi connectivity index (χ2v) is 14.5. The maximum Gasteiger partial charge on any atom is 0.193 e. The van der Waals surface area contributed by atoms with Crippen molar-refractivity contribution in [1.82, 2.24) is 19.9 Å². The lowest BCUT2D eigenvalue weighted by Gasteiger charge is -2.13. The molecule has 0 atom stereocenters. The van der Waals surface area contributed by atoms with Gasteiger partial charge in [0.25, 0.3) is 0 Å². The summed E-state index contributed by atoms with van der Waals surface area (Å²) in [6.45, 7) is 0. The fourth-order valence-corrected chi connectivity index (χ4v) is 7.40. The number of rotatable bonds is 10. The van der Waals surface area contributed by atoms with Crippen LogP contribution in [-0.2, 0) is 0 Å². The van der Waals surface area contributed by atoms with Crippen LogP contribution in [-0.4, -0.2) is 31.5 Å². The van der Waals surface area contributed by atoms with Crippen LogP contribution in [0.5, 0.6) is 11.5 Å². The molecule has 8 aromatic carbocycles. The molecule has 0 bridgehead atoms. The molecular weight excluding hydrogens is 753 g/mol. The van der Waals surface area contributed by atoms with Crippen LogP contribution in [0.4, 0.5) is 0 Å². The summed E-state index contributed by atoms with van der Waals surface area (Å²) in [7, 11) is 0. The number of ether oxygens (including phenoxy) is 1. The first-order valence-electron chi connectivity index (χ1n) is 19.9. The number of hydrogen-bond donors (Lipinski definition) is 0. The van der Waals surface area contributed by atoms with Crippen LogP contribution in [0.15, 0.2) is 206 Å². The average molecular weight is 787 g/mol. The quantitative estimate of drug-likeness (QED) is 0.127. The Hall–Kier alpha value is -8.42. The molecule has 2 heterocycles. The molecule has 0 amide bonds. The third kappa shape index (κ3) is 7.55. The van der Waals surface area contributed by atoms with Crippen molar-refractivity contribution in [3.05, 3.63) is 229 Å². The molecule has 61 heavy (non-hydrogen) atoms. The maximum absolute atomic E-state index is 13.2. The first-order chi connectivity index (χ1) is 30.0. The minimum absolute atomic E-state index is 0.0415. The van der Waals surface area contributed by atoms with Crippen molar-refractivity contribution in [2.45, 2.75) is 0 Å². The van der Waals surface area contributed by atoms with Crippen molar-refractivity contribution in [2.24, 2.45) is 0 Å². The molecular formula is C54H34N4O3. The van der Waals surface area contributed by atoms with Crippen molar-refractivity contribution >= 4 is 33.6 Å². The first kappa shape index (κ1) is 36.9. The number of carbonyl (C=O) groups excluding carboxylic acids is 2. The summed E-state index contributed by atoms with van der Waals surface area (Å²) in [6.07, 6.45) is 0. The van der Waals surface area contributed by atoms with E-state index in [1.165, 1.54) is 0 Å².